The number of methoxy groups -OCH3 is 1. The van der Waals surface area contributed by atoms with E-state index in [2.05, 4.69) is 0 Å². The average molecular weight is 294 g/mol. The molecule has 0 aliphatic carbocycles. The Balaban J connectivity index is 1.87. The van der Waals surface area contributed by atoms with Crippen molar-refractivity contribution in [2.75, 3.05) is 7.11 Å². The summed E-state index contributed by atoms with van der Waals surface area (Å²) < 4.78 is 16.9. The molecule has 2 aromatic carbocycles. The predicted octanol–water partition coefficient (Wildman–Crippen LogP) is 4.15. The first-order valence-electron chi connectivity index (χ1n) is 7.11. The van der Waals surface area contributed by atoms with Crippen LogP contribution in [0.5, 0.6) is 11.5 Å². The Labute approximate surface area is 127 Å². The van der Waals surface area contributed by atoms with Gasteiger partial charge < -0.3 is 13.9 Å². The highest BCUT2D eigenvalue weighted by Gasteiger charge is 2.31. The van der Waals surface area contributed by atoms with E-state index in [1.165, 1.54) is 0 Å². The van der Waals surface area contributed by atoms with E-state index in [1.54, 1.807) is 25.5 Å². The lowest BCUT2D eigenvalue weighted by molar-refractivity contribution is 0.0853. The van der Waals surface area contributed by atoms with Gasteiger partial charge in [-0.15, -0.1) is 0 Å². The van der Waals surface area contributed by atoms with Crippen molar-refractivity contribution in [1.82, 2.24) is 0 Å². The van der Waals surface area contributed by atoms with Gasteiger partial charge in [-0.2, -0.15) is 0 Å². The summed E-state index contributed by atoms with van der Waals surface area (Å²) >= 11 is 0. The zero-order valence-corrected chi connectivity index (χ0v) is 12.0. The van der Waals surface area contributed by atoms with E-state index in [-0.39, 0.29) is 11.9 Å². The molecule has 0 bridgehead atoms. The smallest absolute Gasteiger partial charge is 0.179 e. The summed E-state index contributed by atoms with van der Waals surface area (Å²) in [5.74, 6) is 1.18. The van der Waals surface area contributed by atoms with Crippen LogP contribution >= 0.6 is 0 Å². The van der Waals surface area contributed by atoms with E-state index in [0.717, 1.165) is 10.9 Å². The van der Waals surface area contributed by atoms with E-state index in [0.29, 0.717) is 29.1 Å². The summed E-state index contributed by atoms with van der Waals surface area (Å²) in [6.45, 7) is 0. The van der Waals surface area contributed by atoms with Gasteiger partial charge in [0.15, 0.2) is 17.1 Å². The molecule has 0 unspecified atom stereocenters. The summed E-state index contributed by atoms with van der Waals surface area (Å²) in [6, 6.07) is 13.3. The highest BCUT2D eigenvalue weighted by atomic mass is 16.5. The zero-order valence-electron chi connectivity index (χ0n) is 12.0. The van der Waals surface area contributed by atoms with E-state index >= 15 is 0 Å². The number of furan rings is 1. The maximum absolute atomic E-state index is 12.5. The number of rotatable bonds is 2. The summed E-state index contributed by atoms with van der Waals surface area (Å²) in [7, 11) is 1.56. The number of carbonyl (C=O) groups is 1. The lowest BCUT2D eigenvalue weighted by Gasteiger charge is -2.26. The highest BCUT2D eigenvalue weighted by molar-refractivity contribution is 6.06. The third-order valence-electron chi connectivity index (χ3n) is 3.98. The largest absolute Gasteiger partial charge is 0.493 e. The number of fused-ring (bicyclic) bond motifs is 3. The topological polar surface area (TPSA) is 48.7 Å². The van der Waals surface area contributed by atoms with Crippen molar-refractivity contribution in [1.29, 1.82) is 0 Å². The van der Waals surface area contributed by atoms with Gasteiger partial charge in [0.25, 0.3) is 0 Å². The molecule has 4 heteroatoms. The standard InChI is InChI=1S/C18H14O4/c1-20-16-9-13-14(19)10-15(11-5-3-2-4-6-11)22-17(13)12-7-8-21-18(12)16/h2-9,15H,10H2,1H3/t15-/m0/s1. The second-order valence-corrected chi connectivity index (χ2v) is 5.26. The fraction of sp³-hybridized carbons (Fsp3) is 0.167. The van der Waals surface area contributed by atoms with Crippen molar-refractivity contribution in [3.05, 3.63) is 59.9 Å². The highest BCUT2D eigenvalue weighted by Crippen LogP contribution is 2.43. The minimum Gasteiger partial charge on any atom is -0.493 e. The van der Waals surface area contributed by atoms with Crippen molar-refractivity contribution in [2.24, 2.45) is 0 Å². The molecule has 4 rings (SSSR count). The predicted molar refractivity (Wildman–Crippen MR) is 81.5 cm³/mol. The monoisotopic (exact) mass is 294 g/mol. The molecule has 0 radical (unpaired) electrons. The summed E-state index contributed by atoms with van der Waals surface area (Å²) in [5, 5.41) is 0.767. The van der Waals surface area contributed by atoms with Crippen LogP contribution in [-0.4, -0.2) is 12.9 Å². The maximum atomic E-state index is 12.5. The molecule has 4 nitrogen and oxygen atoms in total. The van der Waals surface area contributed by atoms with Crippen LogP contribution in [0, 0.1) is 0 Å². The molecular formula is C18H14O4. The first-order chi connectivity index (χ1) is 10.8. The Bertz CT molecular complexity index is 848. The number of benzene rings is 2. The zero-order chi connectivity index (χ0) is 15.1. The van der Waals surface area contributed by atoms with Gasteiger partial charge in [0.05, 0.1) is 30.7 Å². The van der Waals surface area contributed by atoms with Crippen molar-refractivity contribution in [3.8, 4) is 11.5 Å². The second kappa shape index (κ2) is 4.91. The first kappa shape index (κ1) is 13.0. The molecule has 0 amide bonds. The molecule has 110 valence electrons. The fourth-order valence-corrected chi connectivity index (χ4v) is 2.89. The van der Waals surface area contributed by atoms with Crippen LogP contribution in [0.25, 0.3) is 11.0 Å². The number of hydrogen-bond donors (Lipinski definition) is 0. The quantitative estimate of drug-likeness (QED) is 0.712. The third-order valence-corrected chi connectivity index (χ3v) is 3.98. The molecule has 0 fully saturated rings. The second-order valence-electron chi connectivity index (χ2n) is 5.26. The molecule has 0 spiro atoms. The third kappa shape index (κ3) is 1.88. The van der Waals surface area contributed by atoms with Gasteiger partial charge >= 0.3 is 0 Å². The maximum Gasteiger partial charge on any atom is 0.179 e. The van der Waals surface area contributed by atoms with Gasteiger partial charge in [0.1, 0.15) is 11.9 Å². The Hall–Kier alpha value is -2.75. The van der Waals surface area contributed by atoms with Crippen LogP contribution < -0.4 is 9.47 Å². The molecule has 1 aliphatic rings. The number of carbonyl (C=O) groups excluding carboxylic acids is 1. The van der Waals surface area contributed by atoms with Crippen molar-refractivity contribution in [3.63, 3.8) is 0 Å². The minimum absolute atomic E-state index is 0.0523. The first-order valence-corrected chi connectivity index (χ1v) is 7.11. The Kier molecular flexibility index (Phi) is 2.89. The van der Waals surface area contributed by atoms with Crippen LogP contribution in [0.15, 0.2) is 53.1 Å². The molecule has 1 atom stereocenters. The van der Waals surface area contributed by atoms with E-state index < -0.39 is 0 Å². The molecule has 0 saturated carbocycles. The molecule has 3 aromatic rings. The van der Waals surface area contributed by atoms with Crippen LogP contribution in [0.1, 0.15) is 28.4 Å². The normalized spacial score (nSPS) is 17.1. The van der Waals surface area contributed by atoms with Crippen LogP contribution in [0.4, 0.5) is 0 Å². The van der Waals surface area contributed by atoms with E-state index in [1.807, 2.05) is 30.3 Å². The Morgan fingerprint density at radius 1 is 1.18 bits per heavy atom. The van der Waals surface area contributed by atoms with Gasteiger partial charge in [-0.1, -0.05) is 30.3 Å². The van der Waals surface area contributed by atoms with Gasteiger partial charge in [-0.05, 0) is 17.7 Å². The van der Waals surface area contributed by atoms with Gasteiger partial charge in [-0.3, -0.25) is 4.79 Å². The van der Waals surface area contributed by atoms with Crippen molar-refractivity contribution >= 4 is 16.8 Å². The SMILES string of the molecule is COc1cc2c(c3ccoc13)O[C@H](c1ccccc1)CC2=O. The molecule has 22 heavy (non-hydrogen) atoms. The van der Waals surface area contributed by atoms with Crippen molar-refractivity contribution < 1.29 is 18.7 Å². The van der Waals surface area contributed by atoms with Gasteiger partial charge in [0, 0.05) is 0 Å². The summed E-state index contributed by atoms with van der Waals surface area (Å²) in [4.78, 5) is 12.5. The fourth-order valence-electron chi connectivity index (χ4n) is 2.89. The van der Waals surface area contributed by atoms with Gasteiger partial charge in [-0.25, -0.2) is 0 Å². The lowest BCUT2D eigenvalue weighted by atomic mass is 9.95. The van der Waals surface area contributed by atoms with Crippen LogP contribution in [0.2, 0.25) is 0 Å². The van der Waals surface area contributed by atoms with Crippen molar-refractivity contribution in [2.45, 2.75) is 12.5 Å². The molecule has 1 aromatic heterocycles. The van der Waals surface area contributed by atoms with E-state index in [9.17, 15) is 4.79 Å². The van der Waals surface area contributed by atoms with Crippen LogP contribution in [0.3, 0.4) is 0 Å². The summed E-state index contributed by atoms with van der Waals surface area (Å²) in [5.41, 5.74) is 2.15. The van der Waals surface area contributed by atoms with Crippen LogP contribution in [-0.2, 0) is 0 Å². The molecule has 1 aliphatic heterocycles. The van der Waals surface area contributed by atoms with Gasteiger partial charge in [0.2, 0.25) is 0 Å². The number of Topliss-reactive ketones (excluding diaryl/α,β-unsaturated/α-hetero) is 1. The molecule has 0 saturated heterocycles. The number of ketones is 1. The lowest BCUT2D eigenvalue weighted by Crippen LogP contribution is -2.20. The Morgan fingerprint density at radius 2 is 2.00 bits per heavy atom. The Morgan fingerprint density at radius 3 is 2.77 bits per heavy atom. The average Bonchev–Trinajstić information content (AvgIpc) is 3.05. The number of hydrogen-bond acceptors (Lipinski definition) is 4. The number of ether oxygens (including phenoxy) is 2. The molecule has 2 heterocycles. The molecular weight excluding hydrogens is 280 g/mol. The van der Waals surface area contributed by atoms with E-state index in [4.69, 9.17) is 13.9 Å². The summed E-state index contributed by atoms with van der Waals surface area (Å²) in [6.07, 6.45) is 1.63. The molecule has 0 N–H and O–H groups in total. The minimum atomic E-state index is -0.271.